The van der Waals surface area contributed by atoms with E-state index in [4.69, 9.17) is 0 Å². The highest BCUT2D eigenvalue weighted by molar-refractivity contribution is 7.80. The van der Waals surface area contributed by atoms with Gasteiger partial charge in [-0.25, -0.2) is 0 Å². The number of thiol groups is 1. The highest BCUT2D eigenvalue weighted by Crippen LogP contribution is 2.49. The van der Waals surface area contributed by atoms with E-state index in [0.717, 1.165) is 25.0 Å². The summed E-state index contributed by atoms with van der Waals surface area (Å²) in [6.07, 6.45) is 5.60. The van der Waals surface area contributed by atoms with E-state index >= 15 is 0 Å². The summed E-state index contributed by atoms with van der Waals surface area (Å²) in [6, 6.07) is 0.204. The molecule has 2 nitrogen and oxygen atoms in total. The second-order valence-corrected chi connectivity index (χ2v) is 4.64. The fourth-order valence-electron chi connectivity index (χ4n) is 1.54. The largest absolute Gasteiger partial charge is 0.353 e. The fourth-order valence-corrected chi connectivity index (χ4v) is 1.97. The van der Waals surface area contributed by atoms with Crippen molar-refractivity contribution in [3.63, 3.8) is 0 Å². The van der Waals surface area contributed by atoms with E-state index in [2.05, 4.69) is 24.5 Å². The first-order valence-corrected chi connectivity index (χ1v) is 5.76. The predicted octanol–water partition coefficient (Wildman–Crippen LogP) is 2.17. The van der Waals surface area contributed by atoms with Gasteiger partial charge in [-0.05, 0) is 37.4 Å². The molecule has 0 heterocycles. The van der Waals surface area contributed by atoms with Gasteiger partial charge in [0.25, 0.3) is 0 Å². The van der Waals surface area contributed by atoms with E-state index in [0.29, 0.717) is 6.42 Å². The summed E-state index contributed by atoms with van der Waals surface area (Å²) in [6.45, 7) is 5.65. The Bertz CT molecular complexity index is 223. The molecule has 14 heavy (non-hydrogen) atoms. The van der Waals surface area contributed by atoms with Crippen LogP contribution in [0, 0.1) is 5.41 Å². The lowest BCUT2D eigenvalue weighted by molar-refractivity contribution is -0.122. The smallest absolute Gasteiger partial charge is 0.220 e. The Morgan fingerprint density at radius 1 is 1.71 bits per heavy atom. The summed E-state index contributed by atoms with van der Waals surface area (Å²) < 4.78 is 0. The van der Waals surface area contributed by atoms with E-state index in [9.17, 15) is 4.79 Å². The van der Waals surface area contributed by atoms with Crippen LogP contribution < -0.4 is 5.32 Å². The molecule has 1 rings (SSSR count). The number of carbonyl (C=O) groups excluding carboxylic acids is 1. The number of amides is 1. The minimum atomic E-state index is 0.158. The molecule has 1 atom stereocenters. The molecule has 1 saturated carbocycles. The molecule has 1 aliphatic carbocycles. The van der Waals surface area contributed by atoms with E-state index in [1.165, 1.54) is 0 Å². The number of hydrogen-bond acceptors (Lipinski definition) is 2. The Balaban J connectivity index is 2.25. The highest BCUT2D eigenvalue weighted by atomic mass is 32.1. The van der Waals surface area contributed by atoms with Gasteiger partial charge < -0.3 is 5.32 Å². The van der Waals surface area contributed by atoms with Gasteiger partial charge >= 0.3 is 0 Å². The van der Waals surface area contributed by atoms with Crippen LogP contribution in [0.1, 0.15) is 32.6 Å². The van der Waals surface area contributed by atoms with Crippen molar-refractivity contribution in [1.82, 2.24) is 5.32 Å². The van der Waals surface area contributed by atoms with Crippen LogP contribution in [0.5, 0.6) is 0 Å². The first-order chi connectivity index (χ1) is 6.62. The molecule has 1 amide bonds. The third-order valence-electron chi connectivity index (χ3n) is 2.76. The second kappa shape index (κ2) is 4.87. The van der Waals surface area contributed by atoms with Crippen molar-refractivity contribution in [3.8, 4) is 0 Å². The second-order valence-electron chi connectivity index (χ2n) is 4.33. The SMILES string of the molecule is C=CCC(C)NC(=O)CC1(CS)CC1. The average molecular weight is 213 g/mol. The lowest BCUT2D eigenvalue weighted by Crippen LogP contribution is -2.33. The van der Waals surface area contributed by atoms with Crippen LogP contribution in [0.3, 0.4) is 0 Å². The van der Waals surface area contributed by atoms with Crippen molar-refractivity contribution >= 4 is 18.5 Å². The Hall–Kier alpha value is -0.440. The van der Waals surface area contributed by atoms with Gasteiger partial charge in [-0.3, -0.25) is 4.79 Å². The summed E-state index contributed by atoms with van der Waals surface area (Å²) in [5.41, 5.74) is 0.223. The van der Waals surface area contributed by atoms with E-state index in [-0.39, 0.29) is 17.4 Å². The van der Waals surface area contributed by atoms with Crippen LogP contribution in [0.2, 0.25) is 0 Å². The van der Waals surface area contributed by atoms with Gasteiger partial charge in [-0.1, -0.05) is 6.08 Å². The number of nitrogens with one attached hydrogen (secondary N) is 1. The number of hydrogen-bond donors (Lipinski definition) is 2. The third-order valence-corrected chi connectivity index (χ3v) is 3.43. The lowest BCUT2D eigenvalue weighted by atomic mass is 10.0. The summed E-state index contributed by atoms with van der Waals surface area (Å²) in [5.74, 6) is 0.988. The standard InChI is InChI=1S/C11H19NOS/c1-3-4-9(2)12-10(13)7-11(8-14)5-6-11/h3,9,14H,1,4-8H2,2H3,(H,12,13). The van der Waals surface area contributed by atoms with Crippen molar-refractivity contribution in [2.24, 2.45) is 5.41 Å². The van der Waals surface area contributed by atoms with Gasteiger partial charge in [-0.15, -0.1) is 6.58 Å². The molecule has 0 aromatic rings. The fraction of sp³-hybridized carbons (Fsp3) is 0.727. The first-order valence-electron chi connectivity index (χ1n) is 5.13. The van der Waals surface area contributed by atoms with Crippen LogP contribution in [0.15, 0.2) is 12.7 Å². The maximum atomic E-state index is 11.6. The van der Waals surface area contributed by atoms with Crippen molar-refractivity contribution in [2.75, 3.05) is 5.75 Å². The highest BCUT2D eigenvalue weighted by Gasteiger charge is 2.42. The van der Waals surface area contributed by atoms with E-state index in [1.54, 1.807) is 0 Å². The maximum Gasteiger partial charge on any atom is 0.220 e. The molecule has 0 bridgehead atoms. The lowest BCUT2D eigenvalue weighted by Gasteiger charge is -2.15. The molecule has 0 spiro atoms. The quantitative estimate of drug-likeness (QED) is 0.514. The maximum absolute atomic E-state index is 11.6. The van der Waals surface area contributed by atoms with Crippen LogP contribution in [0.4, 0.5) is 0 Å². The summed E-state index contributed by atoms with van der Waals surface area (Å²) >= 11 is 4.27. The van der Waals surface area contributed by atoms with Crippen molar-refractivity contribution in [2.45, 2.75) is 38.6 Å². The van der Waals surface area contributed by atoms with Crippen molar-refractivity contribution in [3.05, 3.63) is 12.7 Å². The molecular weight excluding hydrogens is 194 g/mol. The molecule has 0 aromatic heterocycles. The molecule has 0 radical (unpaired) electrons. The zero-order valence-corrected chi connectivity index (χ0v) is 9.65. The Labute approximate surface area is 91.6 Å². The Kier molecular flexibility index (Phi) is 4.05. The van der Waals surface area contributed by atoms with E-state index < -0.39 is 0 Å². The van der Waals surface area contributed by atoms with Gasteiger partial charge in [0.15, 0.2) is 0 Å². The third kappa shape index (κ3) is 3.37. The molecule has 0 saturated heterocycles. The molecule has 0 aliphatic heterocycles. The van der Waals surface area contributed by atoms with Gasteiger partial charge in [0, 0.05) is 12.5 Å². The molecule has 1 aliphatic rings. The normalized spacial score (nSPS) is 19.9. The van der Waals surface area contributed by atoms with Crippen molar-refractivity contribution in [1.29, 1.82) is 0 Å². The zero-order valence-electron chi connectivity index (χ0n) is 8.75. The molecule has 1 unspecified atom stereocenters. The van der Waals surface area contributed by atoms with Crippen LogP contribution in [0.25, 0.3) is 0 Å². The van der Waals surface area contributed by atoms with Crippen LogP contribution in [-0.4, -0.2) is 17.7 Å². The zero-order chi connectivity index (χ0) is 10.6. The Morgan fingerprint density at radius 3 is 2.79 bits per heavy atom. The average Bonchev–Trinajstić information content (AvgIpc) is 2.85. The summed E-state index contributed by atoms with van der Waals surface area (Å²) in [5, 5.41) is 2.97. The van der Waals surface area contributed by atoms with Gasteiger partial charge in [0.2, 0.25) is 5.91 Å². The molecular formula is C11H19NOS. The first kappa shape index (κ1) is 11.6. The molecule has 1 fully saturated rings. The predicted molar refractivity (Wildman–Crippen MR) is 62.6 cm³/mol. The van der Waals surface area contributed by atoms with Gasteiger partial charge in [-0.2, -0.15) is 12.6 Å². The molecule has 80 valence electrons. The molecule has 0 aromatic carbocycles. The number of carbonyl (C=O) groups is 1. The minimum absolute atomic E-state index is 0.158. The van der Waals surface area contributed by atoms with Gasteiger partial charge in [0.05, 0.1) is 0 Å². The summed E-state index contributed by atoms with van der Waals surface area (Å²) in [7, 11) is 0. The van der Waals surface area contributed by atoms with Crippen LogP contribution in [-0.2, 0) is 4.79 Å². The minimum Gasteiger partial charge on any atom is -0.353 e. The Morgan fingerprint density at radius 2 is 2.36 bits per heavy atom. The van der Waals surface area contributed by atoms with Crippen LogP contribution >= 0.6 is 12.6 Å². The monoisotopic (exact) mass is 213 g/mol. The number of rotatable bonds is 6. The summed E-state index contributed by atoms with van der Waals surface area (Å²) in [4.78, 5) is 11.6. The molecule has 3 heteroatoms. The molecule has 1 N–H and O–H groups in total. The van der Waals surface area contributed by atoms with Crippen molar-refractivity contribution < 1.29 is 4.79 Å². The van der Waals surface area contributed by atoms with Gasteiger partial charge in [0.1, 0.15) is 0 Å². The topological polar surface area (TPSA) is 29.1 Å². The van der Waals surface area contributed by atoms with E-state index in [1.807, 2.05) is 13.0 Å².